The minimum Gasteiger partial charge on any atom is -0.404 e. The van der Waals surface area contributed by atoms with Crippen LogP contribution in [0.2, 0.25) is 0 Å². The van der Waals surface area contributed by atoms with Crippen molar-refractivity contribution in [1.82, 2.24) is 19.8 Å². The van der Waals surface area contributed by atoms with Crippen molar-refractivity contribution in [2.75, 3.05) is 0 Å². The van der Waals surface area contributed by atoms with Crippen LogP contribution >= 0.6 is 0 Å². The van der Waals surface area contributed by atoms with Gasteiger partial charge in [0.05, 0.1) is 0 Å². The summed E-state index contributed by atoms with van der Waals surface area (Å²) < 4.78 is 69.1. The van der Waals surface area contributed by atoms with Gasteiger partial charge >= 0.3 is 23.9 Å². The third-order valence-electron chi connectivity index (χ3n) is 3.48. The molecule has 9 nitrogen and oxygen atoms in total. The van der Waals surface area contributed by atoms with Gasteiger partial charge in [-0.2, -0.15) is 0 Å². The zero-order chi connectivity index (χ0) is 20.7. The molecule has 1 aromatic carbocycles. The summed E-state index contributed by atoms with van der Waals surface area (Å²) in [6.07, 6.45) is -5.11. The standard InChI is InChI=1S/C15H12F3N5O4S/c1-8-7-9(2)23-14(19-8)20-12(21-23)13(24)22-28(25,26)11-6-4-3-5-10(11)27-15(16,17)18/h3-7H,1-2H3,(H,22,24)/p+1. The summed E-state index contributed by atoms with van der Waals surface area (Å²) in [5, 5.41) is 2.57. The summed E-state index contributed by atoms with van der Waals surface area (Å²) in [6, 6.07) is 5.75. The average Bonchev–Trinajstić information content (AvgIpc) is 2.97. The second-order valence-electron chi connectivity index (χ2n) is 5.68. The Morgan fingerprint density at radius 1 is 1.21 bits per heavy atom. The van der Waals surface area contributed by atoms with Gasteiger partial charge in [0.1, 0.15) is 22.0 Å². The molecular formula is C15H13F3N5O4S+. The van der Waals surface area contributed by atoms with Crippen LogP contribution in [0.5, 0.6) is 5.75 Å². The van der Waals surface area contributed by atoms with Crippen molar-refractivity contribution in [2.45, 2.75) is 25.1 Å². The highest BCUT2D eigenvalue weighted by Crippen LogP contribution is 2.29. The highest BCUT2D eigenvalue weighted by Gasteiger charge is 2.35. The lowest BCUT2D eigenvalue weighted by Crippen LogP contribution is -2.34. The predicted molar refractivity (Wildman–Crippen MR) is 86.8 cm³/mol. The summed E-state index contributed by atoms with van der Waals surface area (Å²) >= 11 is 0. The second-order valence-corrected chi connectivity index (χ2v) is 7.33. The number of para-hydroxylation sites is 1. The number of aromatic nitrogens is 4. The molecule has 1 amide bonds. The number of nitrogens with zero attached hydrogens (tertiary/aromatic N) is 3. The molecule has 28 heavy (non-hydrogen) atoms. The first kappa shape index (κ1) is 19.5. The molecule has 13 heteroatoms. The number of fused-ring (bicyclic) bond motifs is 1. The van der Waals surface area contributed by atoms with Crippen molar-refractivity contribution in [3.63, 3.8) is 0 Å². The van der Waals surface area contributed by atoms with Gasteiger partial charge < -0.3 is 4.74 Å². The third kappa shape index (κ3) is 4.03. The van der Waals surface area contributed by atoms with E-state index < -0.39 is 32.9 Å². The molecule has 0 spiro atoms. The first-order chi connectivity index (χ1) is 13.0. The SMILES string of the molecule is Cc1cc(C)[n+]2[nH]c(C(=O)NS(=O)(=O)c3ccccc3OC(F)(F)F)nc2n1. The van der Waals surface area contributed by atoms with Crippen molar-refractivity contribution < 1.29 is 35.6 Å². The highest BCUT2D eigenvalue weighted by atomic mass is 32.2. The molecule has 3 aromatic rings. The minimum absolute atomic E-state index is 0.126. The average molecular weight is 416 g/mol. The molecule has 0 unspecified atom stereocenters. The van der Waals surface area contributed by atoms with Gasteiger partial charge in [0.2, 0.25) is 0 Å². The molecule has 0 saturated heterocycles. The van der Waals surface area contributed by atoms with E-state index in [1.807, 2.05) is 0 Å². The molecule has 0 bridgehead atoms. The number of sulfonamides is 1. The van der Waals surface area contributed by atoms with Gasteiger partial charge in [-0.25, -0.2) is 18.2 Å². The Morgan fingerprint density at radius 2 is 1.89 bits per heavy atom. The van der Waals surface area contributed by atoms with Gasteiger partial charge in [0.25, 0.3) is 10.0 Å². The van der Waals surface area contributed by atoms with E-state index in [2.05, 4.69) is 19.8 Å². The van der Waals surface area contributed by atoms with E-state index in [4.69, 9.17) is 0 Å². The van der Waals surface area contributed by atoms with Gasteiger partial charge in [-0.1, -0.05) is 17.1 Å². The van der Waals surface area contributed by atoms with Crippen molar-refractivity contribution in [3.8, 4) is 5.75 Å². The summed E-state index contributed by atoms with van der Waals surface area (Å²) in [7, 11) is -4.68. The number of hydrogen-bond acceptors (Lipinski definition) is 6. The minimum atomic E-state index is -5.11. The molecule has 2 heterocycles. The molecule has 0 radical (unpaired) electrons. The smallest absolute Gasteiger partial charge is 0.404 e. The first-order valence-corrected chi connectivity index (χ1v) is 9.12. The second kappa shape index (κ2) is 6.74. The Hall–Kier alpha value is -3.22. The quantitative estimate of drug-likeness (QED) is 0.617. The van der Waals surface area contributed by atoms with Gasteiger partial charge in [0, 0.05) is 6.07 Å². The third-order valence-corrected chi connectivity index (χ3v) is 4.85. The van der Waals surface area contributed by atoms with Crippen LogP contribution in [0, 0.1) is 13.8 Å². The van der Waals surface area contributed by atoms with Gasteiger partial charge in [-0.05, 0) is 31.0 Å². The Labute approximate surface area is 156 Å². The first-order valence-electron chi connectivity index (χ1n) is 7.64. The van der Waals surface area contributed by atoms with Crippen LogP contribution in [0.1, 0.15) is 22.0 Å². The summed E-state index contributed by atoms with van der Waals surface area (Å²) in [6.45, 7) is 3.42. The molecule has 148 valence electrons. The number of nitrogens with one attached hydrogen (secondary N) is 2. The number of carbonyl (C=O) groups is 1. The van der Waals surface area contributed by atoms with Gasteiger partial charge in [-0.15, -0.1) is 17.7 Å². The largest absolute Gasteiger partial charge is 0.573 e. The van der Waals surface area contributed by atoms with E-state index in [0.29, 0.717) is 11.4 Å². The van der Waals surface area contributed by atoms with E-state index in [9.17, 15) is 26.4 Å². The Morgan fingerprint density at radius 3 is 2.57 bits per heavy atom. The van der Waals surface area contributed by atoms with Crippen molar-refractivity contribution in [1.29, 1.82) is 0 Å². The zero-order valence-electron chi connectivity index (χ0n) is 14.4. The van der Waals surface area contributed by atoms with E-state index >= 15 is 0 Å². The Kier molecular flexibility index (Phi) is 4.71. The normalized spacial score (nSPS) is 12.2. The van der Waals surface area contributed by atoms with Gasteiger partial charge in [0.15, 0.2) is 0 Å². The number of H-pyrrole nitrogens is 1. The molecule has 0 aliphatic rings. The number of hydrogen-bond donors (Lipinski definition) is 2. The fourth-order valence-corrected chi connectivity index (χ4v) is 3.50. The van der Waals surface area contributed by atoms with Crippen LogP contribution in [-0.4, -0.2) is 35.8 Å². The molecule has 0 aliphatic carbocycles. The maximum atomic E-state index is 12.5. The molecule has 2 N–H and O–H groups in total. The van der Waals surface area contributed by atoms with E-state index in [1.165, 1.54) is 10.6 Å². The van der Waals surface area contributed by atoms with Crippen molar-refractivity contribution >= 4 is 21.7 Å². The Bertz CT molecular complexity index is 1170. The van der Waals surface area contributed by atoms with Crippen molar-refractivity contribution in [2.24, 2.45) is 0 Å². The zero-order valence-corrected chi connectivity index (χ0v) is 15.2. The number of benzene rings is 1. The molecular weight excluding hydrogens is 403 g/mol. The summed E-state index contributed by atoms with van der Waals surface area (Å²) in [5.74, 6) is -2.41. The van der Waals surface area contributed by atoms with E-state index in [0.717, 1.165) is 18.2 Å². The number of ether oxygens (including phenoxy) is 1. The van der Waals surface area contributed by atoms with E-state index in [1.54, 1.807) is 24.6 Å². The maximum Gasteiger partial charge on any atom is 0.573 e. The maximum absolute atomic E-state index is 12.5. The summed E-state index contributed by atoms with van der Waals surface area (Å²) in [4.78, 5) is 19.5. The lowest BCUT2D eigenvalue weighted by Gasteiger charge is -2.13. The fraction of sp³-hybridized carbons (Fsp3) is 0.200. The van der Waals surface area contributed by atoms with Crippen LogP contribution in [0.4, 0.5) is 13.2 Å². The highest BCUT2D eigenvalue weighted by molar-refractivity contribution is 7.90. The number of amides is 1. The summed E-state index contributed by atoms with van der Waals surface area (Å²) in [5.41, 5.74) is 1.28. The number of rotatable bonds is 4. The van der Waals surface area contributed by atoms with Crippen LogP contribution in [0.15, 0.2) is 35.2 Å². The number of alkyl halides is 3. The number of halogens is 3. The molecule has 0 saturated carbocycles. The van der Waals surface area contributed by atoms with Crippen LogP contribution in [0.3, 0.4) is 0 Å². The predicted octanol–water partition coefficient (Wildman–Crippen LogP) is 1.18. The number of aryl methyl sites for hydroxylation is 2. The molecule has 3 rings (SSSR count). The lowest BCUT2D eigenvalue weighted by molar-refractivity contribution is -0.587. The van der Waals surface area contributed by atoms with Gasteiger partial charge in [-0.3, -0.25) is 4.79 Å². The number of carbonyl (C=O) groups excluding carboxylic acids is 1. The van der Waals surface area contributed by atoms with Crippen LogP contribution in [-0.2, 0) is 10.0 Å². The molecule has 2 aromatic heterocycles. The molecule has 0 aliphatic heterocycles. The monoisotopic (exact) mass is 416 g/mol. The Balaban J connectivity index is 1.93. The van der Waals surface area contributed by atoms with Crippen LogP contribution in [0.25, 0.3) is 5.78 Å². The molecule has 0 fully saturated rings. The fourth-order valence-electron chi connectivity index (χ4n) is 2.42. The van der Waals surface area contributed by atoms with Crippen molar-refractivity contribution in [3.05, 3.63) is 47.5 Å². The molecule has 0 atom stereocenters. The topological polar surface area (TPSA) is 118 Å². The number of aromatic amines is 1. The van der Waals surface area contributed by atoms with Crippen LogP contribution < -0.4 is 14.0 Å². The lowest BCUT2D eigenvalue weighted by atomic mass is 10.3. The van der Waals surface area contributed by atoms with E-state index in [-0.39, 0.29) is 11.6 Å².